The minimum Gasteiger partial charge on any atom is -0.497 e. The minimum absolute atomic E-state index is 0.297. The number of methoxy groups -OCH3 is 2. The molecule has 8 heteroatoms. The number of hydrazone groups is 1. The summed E-state index contributed by atoms with van der Waals surface area (Å²) in [6.45, 7) is 0. The number of hydrogen-bond donors (Lipinski definition) is 1. The molecule has 0 saturated heterocycles. The predicted octanol–water partition coefficient (Wildman–Crippen LogP) is 5.44. The van der Waals surface area contributed by atoms with E-state index in [0.717, 1.165) is 10.8 Å². The van der Waals surface area contributed by atoms with E-state index < -0.39 is 5.97 Å². The maximum Gasteiger partial charge on any atom is 0.343 e. The van der Waals surface area contributed by atoms with Crippen LogP contribution in [0, 0.1) is 3.57 Å². The number of halogens is 1. The van der Waals surface area contributed by atoms with Gasteiger partial charge in [0, 0.05) is 5.56 Å². The number of carbonyl (C=O) groups excluding carboxylic acids is 2. The summed E-state index contributed by atoms with van der Waals surface area (Å²) in [6.07, 6.45) is 1.50. The second-order valence-corrected chi connectivity index (χ2v) is 8.54. The van der Waals surface area contributed by atoms with E-state index in [1.807, 2.05) is 36.4 Å². The Morgan fingerprint density at radius 1 is 0.914 bits per heavy atom. The first kappa shape index (κ1) is 24.2. The van der Waals surface area contributed by atoms with E-state index in [9.17, 15) is 9.59 Å². The first-order chi connectivity index (χ1) is 17.0. The zero-order chi connectivity index (χ0) is 24.8. The molecule has 0 aliphatic rings. The maximum atomic E-state index is 12.7. The molecule has 4 rings (SSSR count). The van der Waals surface area contributed by atoms with Crippen molar-refractivity contribution in [2.45, 2.75) is 0 Å². The standard InChI is InChI=1S/C27H21IN2O5/c1-33-20-12-10-19(11-13-20)27(32)35-25-23(28)14-17(15-24(25)34-2)16-29-30-26(31)22-9-5-7-18-6-3-4-8-21(18)22/h3-16H,1-2H3,(H,30,31)/b29-16-. The summed E-state index contributed by atoms with van der Waals surface area (Å²) in [6, 6.07) is 23.3. The fourth-order valence-electron chi connectivity index (χ4n) is 3.44. The first-order valence-electron chi connectivity index (χ1n) is 10.5. The van der Waals surface area contributed by atoms with E-state index >= 15 is 0 Å². The van der Waals surface area contributed by atoms with Crippen molar-refractivity contribution in [1.82, 2.24) is 5.43 Å². The molecule has 4 aromatic carbocycles. The maximum absolute atomic E-state index is 12.7. The highest BCUT2D eigenvalue weighted by Crippen LogP contribution is 2.34. The topological polar surface area (TPSA) is 86.2 Å². The van der Waals surface area contributed by atoms with Crippen molar-refractivity contribution < 1.29 is 23.8 Å². The monoisotopic (exact) mass is 580 g/mol. The second-order valence-electron chi connectivity index (χ2n) is 7.38. The Labute approximate surface area is 215 Å². The normalized spacial score (nSPS) is 10.8. The number of nitrogens with zero attached hydrogens (tertiary/aromatic N) is 1. The molecule has 1 amide bonds. The predicted molar refractivity (Wildman–Crippen MR) is 143 cm³/mol. The summed E-state index contributed by atoms with van der Waals surface area (Å²) in [4.78, 5) is 25.3. The van der Waals surface area contributed by atoms with Crippen molar-refractivity contribution in [3.63, 3.8) is 0 Å². The number of fused-ring (bicyclic) bond motifs is 1. The quantitative estimate of drug-likeness (QED) is 0.103. The van der Waals surface area contributed by atoms with Crippen LogP contribution in [0.15, 0.2) is 84.0 Å². The highest BCUT2D eigenvalue weighted by Gasteiger charge is 2.17. The van der Waals surface area contributed by atoms with Crippen LogP contribution in [0.2, 0.25) is 0 Å². The smallest absolute Gasteiger partial charge is 0.343 e. The van der Waals surface area contributed by atoms with Gasteiger partial charge in [0.1, 0.15) is 5.75 Å². The van der Waals surface area contributed by atoms with Crippen molar-refractivity contribution in [3.05, 3.63) is 99.1 Å². The van der Waals surface area contributed by atoms with Crippen LogP contribution in [0.4, 0.5) is 0 Å². The van der Waals surface area contributed by atoms with Gasteiger partial charge in [0.25, 0.3) is 5.91 Å². The van der Waals surface area contributed by atoms with Gasteiger partial charge in [-0.05, 0) is 81.4 Å². The highest BCUT2D eigenvalue weighted by molar-refractivity contribution is 14.1. The van der Waals surface area contributed by atoms with E-state index in [-0.39, 0.29) is 5.91 Å². The van der Waals surface area contributed by atoms with Gasteiger partial charge >= 0.3 is 5.97 Å². The fraction of sp³-hybridized carbons (Fsp3) is 0.0741. The van der Waals surface area contributed by atoms with Crippen LogP contribution in [0.5, 0.6) is 17.2 Å². The lowest BCUT2D eigenvalue weighted by molar-refractivity contribution is 0.0728. The lowest BCUT2D eigenvalue weighted by atomic mass is 10.0. The third kappa shape index (κ3) is 5.60. The molecule has 0 unspecified atom stereocenters. The number of amides is 1. The number of benzene rings is 4. The van der Waals surface area contributed by atoms with E-state index in [1.165, 1.54) is 13.3 Å². The lowest BCUT2D eigenvalue weighted by Crippen LogP contribution is -2.18. The average molecular weight is 580 g/mol. The first-order valence-corrected chi connectivity index (χ1v) is 11.6. The van der Waals surface area contributed by atoms with Gasteiger partial charge in [-0.1, -0.05) is 36.4 Å². The number of carbonyl (C=O) groups is 2. The molecule has 0 fully saturated rings. The van der Waals surface area contributed by atoms with Crippen LogP contribution in [0.3, 0.4) is 0 Å². The molecule has 0 spiro atoms. The molecule has 0 bridgehead atoms. The van der Waals surface area contributed by atoms with Crippen LogP contribution in [0.1, 0.15) is 26.3 Å². The van der Waals surface area contributed by atoms with Crippen LogP contribution >= 0.6 is 22.6 Å². The molecular formula is C27H21IN2O5. The summed E-state index contributed by atoms with van der Waals surface area (Å²) in [5.41, 5.74) is 4.14. The van der Waals surface area contributed by atoms with Crippen molar-refractivity contribution in [2.24, 2.45) is 5.10 Å². The van der Waals surface area contributed by atoms with Gasteiger partial charge in [0.2, 0.25) is 0 Å². The lowest BCUT2D eigenvalue weighted by Gasteiger charge is -2.12. The van der Waals surface area contributed by atoms with Crippen LogP contribution < -0.4 is 19.6 Å². The Morgan fingerprint density at radius 2 is 1.66 bits per heavy atom. The molecule has 0 aromatic heterocycles. The highest BCUT2D eigenvalue weighted by atomic mass is 127. The largest absolute Gasteiger partial charge is 0.497 e. The van der Waals surface area contributed by atoms with Gasteiger partial charge in [0.05, 0.1) is 29.6 Å². The molecule has 4 aromatic rings. The van der Waals surface area contributed by atoms with Gasteiger partial charge < -0.3 is 14.2 Å². The molecule has 0 aliphatic carbocycles. The molecule has 35 heavy (non-hydrogen) atoms. The average Bonchev–Trinajstić information content (AvgIpc) is 2.89. The Bertz CT molecular complexity index is 1410. The van der Waals surface area contributed by atoms with Gasteiger partial charge in [-0.3, -0.25) is 4.79 Å². The van der Waals surface area contributed by atoms with Crippen molar-refractivity contribution in [2.75, 3.05) is 14.2 Å². The third-order valence-electron chi connectivity index (χ3n) is 5.19. The third-order valence-corrected chi connectivity index (χ3v) is 5.99. The van der Waals surface area contributed by atoms with Gasteiger partial charge in [-0.2, -0.15) is 5.10 Å². The second kappa shape index (κ2) is 11.0. The van der Waals surface area contributed by atoms with E-state index in [0.29, 0.717) is 37.5 Å². The molecule has 0 saturated carbocycles. The van der Waals surface area contributed by atoms with Crippen molar-refractivity contribution >= 4 is 51.5 Å². The molecule has 176 valence electrons. The zero-order valence-corrected chi connectivity index (χ0v) is 21.1. The van der Waals surface area contributed by atoms with E-state index in [4.69, 9.17) is 14.2 Å². The molecule has 0 radical (unpaired) electrons. The molecular weight excluding hydrogens is 559 g/mol. The molecule has 1 N–H and O–H groups in total. The van der Waals surface area contributed by atoms with Gasteiger partial charge in [0.15, 0.2) is 11.5 Å². The van der Waals surface area contributed by atoms with Crippen LogP contribution in [-0.2, 0) is 0 Å². The number of hydrogen-bond acceptors (Lipinski definition) is 6. The summed E-state index contributed by atoms with van der Waals surface area (Å²) in [5.74, 6) is 0.466. The molecule has 0 heterocycles. The summed E-state index contributed by atoms with van der Waals surface area (Å²) >= 11 is 2.06. The van der Waals surface area contributed by atoms with E-state index in [1.54, 1.807) is 49.6 Å². The summed E-state index contributed by atoms with van der Waals surface area (Å²) < 4.78 is 16.8. The number of nitrogens with one attached hydrogen (secondary N) is 1. The molecule has 0 aliphatic heterocycles. The summed E-state index contributed by atoms with van der Waals surface area (Å²) in [7, 11) is 3.04. The SMILES string of the molecule is COc1ccc(C(=O)Oc2c(I)cc(/C=N\NC(=O)c3cccc4ccccc34)cc2OC)cc1. The molecule has 7 nitrogen and oxygen atoms in total. The van der Waals surface area contributed by atoms with Crippen molar-refractivity contribution in [1.29, 1.82) is 0 Å². The number of rotatable bonds is 7. The Morgan fingerprint density at radius 3 is 2.40 bits per heavy atom. The van der Waals surface area contributed by atoms with Gasteiger partial charge in [-0.15, -0.1) is 0 Å². The van der Waals surface area contributed by atoms with E-state index in [2.05, 4.69) is 33.1 Å². The van der Waals surface area contributed by atoms with Crippen molar-refractivity contribution in [3.8, 4) is 17.2 Å². The zero-order valence-electron chi connectivity index (χ0n) is 18.9. The Kier molecular flexibility index (Phi) is 7.61. The van der Waals surface area contributed by atoms with Gasteiger partial charge in [-0.25, -0.2) is 10.2 Å². The Hall–Kier alpha value is -3.92. The number of esters is 1. The Balaban J connectivity index is 1.49. The number of ether oxygens (including phenoxy) is 3. The minimum atomic E-state index is -0.521. The molecule has 0 atom stereocenters. The van der Waals surface area contributed by atoms with Crippen LogP contribution in [0.25, 0.3) is 10.8 Å². The summed E-state index contributed by atoms with van der Waals surface area (Å²) in [5, 5.41) is 5.92. The van der Waals surface area contributed by atoms with Crippen LogP contribution in [-0.4, -0.2) is 32.3 Å². The fourth-order valence-corrected chi connectivity index (χ4v) is 4.18.